The highest BCUT2D eigenvalue weighted by molar-refractivity contribution is 9.10. The first-order valence-electron chi connectivity index (χ1n) is 5.61. The molecule has 2 unspecified atom stereocenters. The summed E-state index contributed by atoms with van der Waals surface area (Å²) in [5.41, 5.74) is -5.18. The fraction of sp³-hybridized carbons (Fsp3) is 0.500. The molecule has 0 fully saturated rings. The van der Waals surface area contributed by atoms with Crippen molar-refractivity contribution < 1.29 is 36.6 Å². The van der Waals surface area contributed by atoms with Crippen molar-refractivity contribution in [2.75, 3.05) is 0 Å². The zero-order valence-corrected chi connectivity index (χ0v) is 12.1. The number of aliphatic hydroxyl groups excluding tert-OH is 1. The monoisotopic (exact) mass is 380 g/mol. The number of benzene rings is 1. The number of aliphatic hydroxyl groups is 2. The molecule has 2 N–H and O–H groups in total. The molecule has 120 valence electrons. The standard InChI is InChI=1S/C12H11BrF6O2/c1-6(9(20)7-2-4-8(13)5-3-7)10(21,11(14,15)16)12(17,18)19/h2-6,9,20-21H,1H3. The third-order valence-corrected chi connectivity index (χ3v) is 3.74. The summed E-state index contributed by atoms with van der Waals surface area (Å²) < 4.78 is 76.7. The maximum atomic E-state index is 12.7. The summed E-state index contributed by atoms with van der Waals surface area (Å²) in [5, 5.41) is 19.0. The first-order valence-corrected chi connectivity index (χ1v) is 6.41. The van der Waals surface area contributed by atoms with Crippen LogP contribution in [0.15, 0.2) is 28.7 Å². The van der Waals surface area contributed by atoms with Gasteiger partial charge in [-0.1, -0.05) is 35.0 Å². The fourth-order valence-corrected chi connectivity index (χ4v) is 2.12. The third kappa shape index (κ3) is 3.35. The van der Waals surface area contributed by atoms with Gasteiger partial charge in [0.1, 0.15) is 0 Å². The van der Waals surface area contributed by atoms with Crippen LogP contribution in [0, 0.1) is 5.92 Å². The van der Waals surface area contributed by atoms with Gasteiger partial charge >= 0.3 is 12.4 Å². The van der Waals surface area contributed by atoms with Crippen LogP contribution in [0.5, 0.6) is 0 Å². The Bertz CT molecular complexity index is 468. The van der Waals surface area contributed by atoms with E-state index in [1.807, 2.05) is 0 Å². The fourth-order valence-electron chi connectivity index (χ4n) is 1.85. The van der Waals surface area contributed by atoms with Crippen LogP contribution < -0.4 is 0 Å². The summed E-state index contributed by atoms with van der Waals surface area (Å²) in [6.45, 7) is 0.494. The summed E-state index contributed by atoms with van der Waals surface area (Å²) in [7, 11) is 0. The van der Waals surface area contributed by atoms with Crippen LogP contribution >= 0.6 is 15.9 Å². The van der Waals surface area contributed by atoms with Crippen molar-refractivity contribution in [1.82, 2.24) is 0 Å². The molecular weight excluding hydrogens is 370 g/mol. The van der Waals surface area contributed by atoms with E-state index >= 15 is 0 Å². The van der Waals surface area contributed by atoms with Crippen LogP contribution in [0.2, 0.25) is 0 Å². The van der Waals surface area contributed by atoms with Crippen LogP contribution in [0.25, 0.3) is 0 Å². The van der Waals surface area contributed by atoms with Crippen molar-refractivity contribution in [3.8, 4) is 0 Å². The molecule has 21 heavy (non-hydrogen) atoms. The second kappa shape index (κ2) is 5.77. The zero-order valence-electron chi connectivity index (χ0n) is 10.5. The van der Waals surface area contributed by atoms with Gasteiger partial charge in [-0.05, 0) is 17.7 Å². The maximum Gasteiger partial charge on any atom is 0.426 e. The zero-order chi connectivity index (χ0) is 16.6. The van der Waals surface area contributed by atoms with Gasteiger partial charge in [0, 0.05) is 10.4 Å². The van der Waals surface area contributed by atoms with E-state index in [0.717, 1.165) is 0 Å². The molecule has 0 saturated carbocycles. The van der Waals surface area contributed by atoms with Crippen molar-refractivity contribution in [2.24, 2.45) is 5.92 Å². The van der Waals surface area contributed by atoms with Crippen molar-refractivity contribution in [2.45, 2.75) is 31.0 Å². The Morgan fingerprint density at radius 3 is 1.67 bits per heavy atom. The van der Waals surface area contributed by atoms with Gasteiger partial charge in [-0.25, -0.2) is 0 Å². The Morgan fingerprint density at radius 1 is 0.952 bits per heavy atom. The minimum absolute atomic E-state index is 0.169. The molecule has 2 nitrogen and oxygen atoms in total. The Balaban J connectivity index is 3.24. The normalized spacial score (nSPS) is 16.7. The minimum atomic E-state index is -5.97. The van der Waals surface area contributed by atoms with E-state index in [0.29, 0.717) is 11.4 Å². The number of rotatable bonds is 3. The van der Waals surface area contributed by atoms with E-state index in [1.54, 1.807) is 0 Å². The smallest absolute Gasteiger partial charge is 0.388 e. The lowest BCUT2D eigenvalue weighted by Crippen LogP contribution is -2.62. The number of hydrogen-bond acceptors (Lipinski definition) is 2. The predicted molar refractivity (Wildman–Crippen MR) is 65.3 cm³/mol. The van der Waals surface area contributed by atoms with Gasteiger partial charge in [0.15, 0.2) is 0 Å². The Labute approximate surface area is 124 Å². The maximum absolute atomic E-state index is 12.7. The lowest BCUT2D eigenvalue weighted by Gasteiger charge is -2.39. The van der Waals surface area contributed by atoms with Gasteiger partial charge in [0.2, 0.25) is 0 Å². The van der Waals surface area contributed by atoms with Crippen LogP contribution in [0.1, 0.15) is 18.6 Å². The van der Waals surface area contributed by atoms with Crippen LogP contribution in [-0.2, 0) is 0 Å². The Hall–Kier alpha value is -0.800. The van der Waals surface area contributed by atoms with E-state index in [9.17, 15) is 36.6 Å². The molecule has 0 aliphatic heterocycles. The largest absolute Gasteiger partial charge is 0.426 e. The van der Waals surface area contributed by atoms with Gasteiger partial charge in [-0.2, -0.15) is 26.3 Å². The Kier molecular flexibility index (Phi) is 5.01. The van der Waals surface area contributed by atoms with Crippen molar-refractivity contribution in [1.29, 1.82) is 0 Å². The topological polar surface area (TPSA) is 40.5 Å². The molecule has 1 rings (SSSR count). The van der Waals surface area contributed by atoms with Crippen molar-refractivity contribution in [3.05, 3.63) is 34.3 Å². The quantitative estimate of drug-likeness (QED) is 0.778. The molecule has 9 heteroatoms. The average molecular weight is 381 g/mol. The highest BCUT2D eigenvalue weighted by atomic mass is 79.9. The molecule has 0 saturated heterocycles. The minimum Gasteiger partial charge on any atom is -0.388 e. The van der Waals surface area contributed by atoms with E-state index in [-0.39, 0.29) is 5.56 Å². The summed E-state index contributed by atoms with van der Waals surface area (Å²) in [6.07, 6.45) is -14.1. The SMILES string of the molecule is CC(C(O)c1ccc(Br)cc1)C(O)(C(F)(F)F)C(F)(F)F. The summed E-state index contributed by atoms with van der Waals surface area (Å²) in [4.78, 5) is 0. The summed E-state index contributed by atoms with van der Waals surface area (Å²) >= 11 is 3.04. The third-order valence-electron chi connectivity index (χ3n) is 3.21. The molecule has 0 radical (unpaired) electrons. The van der Waals surface area contributed by atoms with E-state index in [4.69, 9.17) is 0 Å². The van der Waals surface area contributed by atoms with Crippen LogP contribution in [0.3, 0.4) is 0 Å². The molecule has 0 aliphatic rings. The molecule has 1 aromatic rings. The molecule has 1 aromatic carbocycles. The highest BCUT2D eigenvalue weighted by Gasteiger charge is 2.73. The lowest BCUT2D eigenvalue weighted by molar-refractivity contribution is -0.389. The van der Waals surface area contributed by atoms with Crippen LogP contribution in [-0.4, -0.2) is 28.2 Å². The number of halogens is 7. The first kappa shape index (κ1) is 18.2. The second-order valence-corrected chi connectivity index (χ2v) is 5.46. The molecule has 0 amide bonds. The molecule has 2 atom stereocenters. The van der Waals surface area contributed by atoms with Gasteiger partial charge in [-0.3, -0.25) is 0 Å². The van der Waals surface area contributed by atoms with Gasteiger partial charge < -0.3 is 10.2 Å². The van der Waals surface area contributed by atoms with Gasteiger partial charge in [0.05, 0.1) is 6.10 Å². The number of alkyl halides is 6. The molecule has 0 bridgehead atoms. The van der Waals surface area contributed by atoms with Crippen molar-refractivity contribution >= 4 is 15.9 Å². The highest BCUT2D eigenvalue weighted by Crippen LogP contribution is 2.50. The summed E-state index contributed by atoms with van der Waals surface area (Å²) in [6, 6.07) is 5.04. The van der Waals surface area contributed by atoms with Gasteiger partial charge in [-0.15, -0.1) is 0 Å². The molecule has 0 aromatic heterocycles. The van der Waals surface area contributed by atoms with Gasteiger partial charge in [0.25, 0.3) is 5.60 Å². The van der Waals surface area contributed by atoms with E-state index in [2.05, 4.69) is 15.9 Å². The number of hydrogen-bond donors (Lipinski definition) is 2. The van der Waals surface area contributed by atoms with E-state index < -0.39 is 30.0 Å². The van der Waals surface area contributed by atoms with Crippen LogP contribution in [0.4, 0.5) is 26.3 Å². The van der Waals surface area contributed by atoms with E-state index in [1.165, 1.54) is 24.3 Å². The first-order chi connectivity index (χ1) is 9.32. The summed E-state index contributed by atoms with van der Waals surface area (Å²) in [5.74, 6) is -2.54. The Morgan fingerprint density at radius 2 is 1.33 bits per heavy atom. The van der Waals surface area contributed by atoms with Crippen molar-refractivity contribution in [3.63, 3.8) is 0 Å². The lowest BCUT2D eigenvalue weighted by atomic mass is 9.81. The molecule has 0 spiro atoms. The second-order valence-electron chi connectivity index (χ2n) is 4.55. The average Bonchev–Trinajstić information content (AvgIpc) is 2.34. The molecule has 0 aliphatic carbocycles. The predicted octanol–water partition coefficient (Wildman–Crippen LogP) is 3.97. The molecular formula is C12H11BrF6O2. The molecule has 0 heterocycles.